The Morgan fingerprint density at radius 2 is 1.84 bits per heavy atom. The molecule has 1 unspecified atom stereocenters. The molecule has 0 bridgehead atoms. The van der Waals surface area contributed by atoms with Crippen molar-refractivity contribution in [1.82, 2.24) is 4.31 Å². The molecule has 10 heteroatoms. The molecule has 2 aliphatic rings. The number of fused-ring (bicyclic) bond motifs is 1. The number of carbonyl (C=O) groups is 1. The van der Waals surface area contributed by atoms with Gasteiger partial charge in [-0.15, -0.1) is 0 Å². The molecule has 2 N–H and O–H groups in total. The molecule has 1 fully saturated rings. The Bertz CT molecular complexity index is 1100. The molecule has 4 rings (SSSR count). The highest BCUT2D eigenvalue weighted by atomic mass is 35.5. The van der Waals surface area contributed by atoms with E-state index in [-0.39, 0.29) is 29.5 Å². The standard InChI is InChI=1S/C22H25ClN2O6S/c23-17-11-18-19(30-10-9-29-18)12-20(17)32(27,28)25-8-4-7-22(14-25,13-21(24)26)15-31-16-5-2-1-3-6-16/h1-3,5-6,11-12H,4,7-10,13-15H2,(H2,24,26). The van der Waals surface area contributed by atoms with Crippen molar-refractivity contribution >= 4 is 27.5 Å². The van der Waals surface area contributed by atoms with Gasteiger partial charge in [0, 0.05) is 37.1 Å². The molecule has 1 atom stereocenters. The first kappa shape index (κ1) is 22.7. The van der Waals surface area contributed by atoms with E-state index < -0.39 is 21.3 Å². The van der Waals surface area contributed by atoms with Crippen molar-refractivity contribution in [2.75, 3.05) is 32.9 Å². The Labute approximate surface area is 192 Å². The second-order valence-electron chi connectivity index (χ2n) is 8.11. The Hall–Kier alpha value is -2.49. The van der Waals surface area contributed by atoms with Crippen molar-refractivity contribution in [3.05, 3.63) is 47.5 Å². The second-order valence-corrected chi connectivity index (χ2v) is 10.4. The first-order valence-electron chi connectivity index (χ1n) is 10.3. The minimum atomic E-state index is -3.96. The number of nitrogens with two attached hydrogens (primary N) is 1. The largest absolute Gasteiger partial charge is 0.493 e. The molecule has 1 saturated heterocycles. The van der Waals surface area contributed by atoms with Gasteiger partial charge in [-0.3, -0.25) is 4.79 Å². The molecular formula is C22H25ClN2O6S. The van der Waals surface area contributed by atoms with Gasteiger partial charge in [0.2, 0.25) is 15.9 Å². The van der Waals surface area contributed by atoms with Crippen LogP contribution in [0.25, 0.3) is 0 Å². The molecule has 32 heavy (non-hydrogen) atoms. The van der Waals surface area contributed by atoms with Gasteiger partial charge in [-0.1, -0.05) is 29.8 Å². The number of amides is 1. The van der Waals surface area contributed by atoms with Gasteiger partial charge >= 0.3 is 0 Å². The predicted octanol–water partition coefficient (Wildman–Crippen LogP) is 2.84. The Balaban J connectivity index is 1.61. The van der Waals surface area contributed by atoms with Crippen molar-refractivity contribution in [3.8, 4) is 17.2 Å². The fourth-order valence-corrected chi connectivity index (χ4v) is 6.28. The monoisotopic (exact) mass is 480 g/mol. The minimum Gasteiger partial charge on any atom is -0.493 e. The first-order chi connectivity index (χ1) is 15.3. The molecule has 1 amide bonds. The van der Waals surface area contributed by atoms with Crippen LogP contribution >= 0.6 is 11.6 Å². The van der Waals surface area contributed by atoms with E-state index in [4.69, 9.17) is 31.5 Å². The summed E-state index contributed by atoms with van der Waals surface area (Å²) >= 11 is 6.32. The normalized spacial score (nSPS) is 21.2. The second kappa shape index (κ2) is 9.17. The Morgan fingerprint density at radius 1 is 1.16 bits per heavy atom. The first-order valence-corrected chi connectivity index (χ1v) is 12.2. The van der Waals surface area contributed by atoms with Gasteiger partial charge in [0.05, 0.1) is 11.6 Å². The molecule has 2 aromatic carbocycles. The van der Waals surface area contributed by atoms with Gasteiger partial charge in [-0.2, -0.15) is 4.31 Å². The van der Waals surface area contributed by atoms with Crippen LogP contribution in [0.5, 0.6) is 17.2 Å². The zero-order valence-electron chi connectivity index (χ0n) is 17.5. The topological polar surface area (TPSA) is 108 Å². The van der Waals surface area contributed by atoms with Crippen molar-refractivity contribution in [1.29, 1.82) is 0 Å². The van der Waals surface area contributed by atoms with E-state index in [1.54, 1.807) is 0 Å². The highest BCUT2D eigenvalue weighted by Gasteiger charge is 2.42. The fraction of sp³-hybridized carbons (Fsp3) is 0.409. The molecular weight excluding hydrogens is 456 g/mol. The average Bonchev–Trinajstić information content (AvgIpc) is 2.77. The number of halogens is 1. The summed E-state index contributed by atoms with van der Waals surface area (Å²) in [6.07, 6.45) is 1.19. The van der Waals surface area contributed by atoms with Crippen LogP contribution in [-0.4, -0.2) is 51.5 Å². The molecule has 0 aliphatic carbocycles. The molecule has 8 nitrogen and oxygen atoms in total. The van der Waals surface area contributed by atoms with Crippen LogP contribution in [0.15, 0.2) is 47.4 Å². The quantitative estimate of drug-likeness (QED) is 0.652. The lowest BCUT2D eigenvalue weighted by Crippen LogP contribution is -2.50. The summed E-state index contributed by atoms with van der Waals surface area (Å²) in [7, 11) is -3.96. The number of carbonyl (C=O) groups excluding carboxylic acids is 1. The number of nitrogens with zero attached hydrogens (tertiary/aromatic N) is 1. The zero-order valence-corrected chi connectivity index (χ0v) is 19.0. The van der Waals surface area contributed by atoms with Crippen molar-refractivity contribution in [3.63, 3.8) is 0 Å². The van der Waals surface area contributed by atoms with E-state index in [0.29, 0.717) is 49.8 Å². The van der Waals surface area contributed by atoms with Crippen LogP contribution in [0.3, 0.4) is 0 Å². The van der Waals surface area contributed by atoms with E-state index in [1.807, 2.05) is 30.3 Å². The van der Waals surface area contributed by atoms with Gasteiger partial charge < -0.3 is 19.9 Å². The summed E-state index contributed by atoms with van der Waals surface area (Å²) in [5.74, 6) is 0.898. The van der Waals surface area contributed by atoms with Gasteiger partial charge in [-0.05, 0) is 25.0 Å². The van der Waals surface area contributed by atoms with Gasteiger partial charge in [0.15, 0.2) is 11.5 Å². The highest BCUT2D eigenvalue weighted by molar-refractivity contribution is 7.89. The lowest BCUT2D eigenvalue weighted by molar-refractivity contribution is -0.121. The lowest BCUT2D eigenvalue weighted by Gasteiger charge is -2.41. The molecule has 172 valence electrons. The van der Waals surface area contributed by atoms with Gasteiger partial charge in [0.1, 0.15) is 23.9 Å². The molecule has 2 heterocycles. The van der Waals surface area contributed by atoms with Crippen LogP contribution in [0.4, 0.5) is 0 Å². The number of ether oxygens (including phenoxy) is 3. The number of piperidine rings is 1. The number of rotatable bonds is 7. The Kier molecular flexibility index (Phi) is 6.50. The van der Waals surface area contributed by atoms with E-state index in [0.717, 1.165) is 0 Å². The summed E-state index contributed by atoms with van der Waals surface area (Å²) < 4.78 is 45.4. The number of primary amides is 1. The summed E-state index contributed by atoms with van der Waals surface area (Å²) in [5.41, 5.74) is 4.79. The average molecular weight is 481 g/mol. The van der Waals surface area contributed by atoms with Crippen LogP contribution in [-0.2, 0) is 14.8 Å². The number of hydrogen-bond acceptors (Lipinski definition) is 6. The SMILES string of the molecule is NC(=O)CC1(COc2ccccc2)CCCN(S(=O)(=O)c2cc3c(cc2Cl)OCCO3)C1. The van der Waals surface area contributed by atoms with Gasteiger partial charge in [0.25, 0.3) is 0 Å². The third kappa shape index (κ3) is 4.79. The molecule has 0 spiro atoms. The third-order valence-electron chi connectivity index (χ3n) is 5.68. The van der Waals surface area contributed by atoms with E-state index >= 15 is 0 Å². The lowest BCUT2D eigenvalue weighted by atomic mass is 9.78. The number of hydrogen-bond donors (Lipinski definition) is 1. The van der Waals surface area contributed by atoms with Crippen LogP contribution in [0.1, 0.15) is 19.3 Å². The number of benzene rings is 2. The molecule has 2 aromatic rings. The van der Waals surface area contributed by atoms with E-state index in [9.17, 15) is 13.2 Å². The smallest absolute Gasteiger partial charge is 0.244 e. The molecule has 2 aliphatic heterocycles. The fourth-order valence-electron chi connectivity index (χ4n) is 4.19. The van der Waals surface area contributed by atoms with Crippen molar-refractivity contribution in [2.45, 2.75) is 24.2 Å². The maximum Gasteiger partial charge on any atom is 0.244 e. The molecule has 0 radical (unpaired) electrons. The summed E-state index contributed by atoms with van der Waals surface area (Å²) in [6, 6.07) is 12.0. The van der Waals surface area contributed by atoms with Crippen LogP contribution in [0.2, 0.25) is 5.02 Å². The minimum absolute atomic E-state index is 0.0146. The molecule has 0 aromatic heterocycles. The maximum absolute atomic E-state index is 13.5. The third-order valence-corrected chi connectivity index (χ3v) is 7.99. The van der Waals surface area contributed by atoms with Crippen LogP contribution < -0.4 is 19.9 Å². The molecule has 0 saturated carbocycles. The van der Waals surface area contributed by atoms with Gasteiger partial charge in [-0.25, -0.2) is 8.42 Å². The van der Waals surface area contributed by atoms with E-state index in [1.165, 1.54) is 16.4 Å². The Morgan fingerprint density at radius 3 is 2.53 bits per heavy atom. The summed E-state index contributed by atoms with van der Waals surface area (Å²) in [6.45, 7) is 1.27. The van der Waals surface area contributed by atoms with Crippen molar-refractivity contribution in [2.24, 2.45) is 11.1 Å². The summed E-state index contributed by atoms with van der Waals surface area (Å²) in [5, 5.41) is 0.0564. The van der Waals surface area contributed by atoms with Crippen molar-refractivity contribution < 1.29 is 27.4 Å². The van der Waals surface area contributed by atoms with Crippen LogP contribution in [0, 0.1) is 5.41 Å². The van der Waals surface area contributed by atoms with E-state index in [2.05, 4.69) is 0 Å². The summed E-state index contributed by atoms with van der Waals surface area (Å²) in [4.78, 5) is 11.8. The predicted molar refractivity (Wildman–Crippen MR) is 119 cm³/mol. The number of para-hydroxylation sites is 1. The highest BCUT2D eigenvalue weighted by Crippen LogP contribution is 2.41. The zero-order chi connectivity index (χ0) is 22.8. The maximum atomic E-state index is 13.5. The number of sulfonamides is 1.